The first-order valence-corrected chi connectivity index (χ1v) is 5.01. The zero-order chi connectivity index (χ0) is 11.4. The number of hydrogen-bond donors (Lipinski definition) is 2. The number of aromatic hydroxyl groups is 1. The molecule has 0 saturated carbocycles. The summed E-state index contributed by atoms with van der Waals surface area (Å²) in [5.74, 6) is -0.162. The van der Waals surface area contributed by atoms with Crippen molar-refractivity contribution >= 4 is 5.97 Å². The van der Waals surface area contributed by atoms with Gasteiger partial charge in [0.25, 0.3) is 0 Å². The number of aliphatic carboxylic acids is 1. The van der Waals surface area contributed by atoms with Gasteiger partial charge in [-0.1, -0.05) is 26.0 Å². The second-order valence-corrected chi connectivity index (χ2v) is 4.13. The molecule has 0 saturated heterocycles. The van der Waals surface area contributed by atoms with Crippen molar-refractivity contribution in [3.05, 3.63) is 29.3 Å². The van der Waals surface area contributed by atoms with Gasteiger partial charge in [0.2, 0.25) is 0 Å². The molecule has 0 atom stereocenters. The summed E-state index contributed by atoms with van der Waals surface area (Å²) in [7, 11) is 0. The third-order valence-electron chi connectivity index (χ3n) is 2.13. The van der Waals surface area contributed by atoms with Crippen LogP contribution in [0.5, 0.6) is 5.75 Å². The molecule has 0 bridgehead atoms. The van der Waals surface area contributed by atoms with Crippen LogP contribution in [0.25, 0.3) is 0 Å². The van der Waals surface area contributed by atoms with E-state index >= 15 is 0 Å². The van der Waals surface area contributed by atoms with Crippen molar-refractivity contribution in [2.75, 3.05) is 0 Å². The van der Waals surface area contributed by atoms with Gasteiger partial charge in [-0.3, -0.25) is 4.79 Å². The summed E-state index contributed by atoms with van der Waals surface area (Å²) in [5, 5.41) is 18.2. The van der Waals surface area contributed by atoms with Crippen molar-refractivity contribution in [1.29, 1.82) is 0 Å². The van der Waals surface area contributed by atoms with Crippen LogP contribution in [0.3, 0.4) is 0 Å². The molecule has 1 rings (SSSR count). The topological polar surface area (TPSA) is 57.5 Å². The van der Waals surface area contributed by atoms with Crippen LogP contribution in [0.1, 0.15) is 25.0 Å². The highest BCUT2D eigenvalue weighted by molar-refractivity contribution is 5.70. The largest absolute Gasteiger partial charge is 0.508 e. The Hall–Kier alpha value is -1.51. The highest BCUT2D eigenvalue weighted by Gasteiger charge is 2.07. The number of phenolic OH excluding ortho intramolecular Hbond substituents is 1. The minimum atomic E-state index is -0.851. The van der Waals surface area contributed by atoms with E-state index in [9.17, 15) is 9.90 Å². The van der Waals surface area contributed by atoms with Crippen LogP contribution in [-0.2, 0) is 17.6 Å². The molecule has 0 amide bonds. The molecule has 0 aliphatic rings. The zero-order valence-electron chi connectivity index (χ0n) is 9.03. The molecule has 3 nitrogen and oxygen atoms in total. The SMILES string of the molecule is CC(C)Cc1cc(CC(=O)O)ccc1O. The molecule has 15 heavy (non-hydrogen) atoms. The van der Waals surface area contributed by atoms with Crippen LogP contribution < -0.4 is 0 Å². The van der Waals surface area contributed by atoms with Crippen LogP contribution in [0.4, 0.5) is 0 Å². The second-order valence-electron chi connectivity index (χ2n) is 4.13. The number of benzene rings is 1. The Labute approximate surface area is 89.4 Å². The van der Waals surface area contributed by atoms with Gasteiger partial charge >= 0.3 is 5.97 Å². The number of carbonyl (C=O) groups is 1. The van der Waals surface area contributed by atoms with Gasteiger partial charge in [0.05, 0.1) is 6.42 Å². The van der Waals surface area contributed by atoms with E-state index in [0.29, 0.717) is 5.92 Å². The molecule has 0 aliphatic heterocycles. The monoisotopic (exact) mass is 208 g/mol. The fourth-order valence-electron chi connectivity index (χ4n) is 1.53. The van der Waals surface area contributed by atoms with Gasteiger partial charge in [0.15, 0.2) is 0 Å². The van der Waals surface area contributed by atoms with E-state index in [1.807, 2.05) is 0 Å². The second kappa shape index (κ2) is 4.82. The molecule has 0 radical (unpaired) electrons. The van der Waals surface area contributed by atoms with Gasteiger partial charge in [0.1, 0.15) is 5.75 Å². The molecule has 0 unspecified atom stereocenters. The lowest BCUT2D eigenvalue weighted by Gasteiger charge is -2.08. The van der Waals surface area contributed by atoms with Gasteiger partial charge in [-0.15, -0.1) is 0 Å². The molecule has 2 N–H and O–H groups in total. The number of carboxylic acids is 1. The fourth-order valence-corrected chi connectivity index (χ4v) is 1.53. The average Bonchev–Trinajstić information content (AvgIpc) is 2.09. The van der Waals surface area contributed by atoms with Gasteiger partial charge in [-0.2, -0.15) is 0 Å². The van der Waals surface area contributed by atoms with Crippen molar-refractivity contribution in [2.24, 2.45) is 5.92 Å². The lowest BCUT2D eigenvalue weighted by atomic mass is 9.99. The first kappa shape index (κ1) is 11.6. The molecule has 82 valence electrons. The maximum atomic E-state index is 10.5. The molecule has 0 aromatic heterocycles. The highest BCUT2D eigenvalue weighted by atomic mass is 16.4. The summed E-state index contributed by atoms with van der Waals surface area (Å²) >= 11 is 0. The summed E-state index contributed by atoms with van der Waals surface area (Å²) in [4.78, 5) is 10.5. The van der Waals surface area contributed by atoms with Gasteiger partial charge in [0, 0.05) is 0 Å². The first-order chi connectivity index (χ1) is 6.99. The Morgan fingerprint density at radius 3 is 2.60 bits per heavy atom. The van der Waals surface area contributed by atoms with Crippen LogP contribution in [0.2, 0.25) is 0 Å². The first-order valence-electron chi connectivity index (χ1n) is 5.01. The molecule has 0 heterocycles. The van der Waals surface area contributed by atoms with E-state index < -0.39 is 5.97 Å². The lowest BCUT2D eigenvalue weighted by Crippen LogP contribution is -2.02. The van der Waals surface area contributed by atoms with Crippen molar-refractivity contribution in [1.82, 2.24) is 0 Å². The number of hydrogen-bond acceptors (Lipinski definition) is 2. The summed E-state index contributed by atoms with van der Waals surface area (Å²) in [6.45, 7) is 4.12. The van der Waals surface area contributed by atoms with E-state index in [1.54, 1.807) is 18.2 Å². The lowest BCUT2D eigenvalue weighted by molar-refractivity contribution is -0.136. The maximum Gasteiger partial charge on any atom is 0.307 e. The van der Waals surface area contributed by atoms with Crippen LogP contribution >= 0.6 is 0 Å². The normalized spacial score (nSPS) is 10.6. The standard InChI is InChI=1S/C12H16O3/c1-8(2)5-10-6-9(7-12(14)15)3-4-11(10)13/h3-4,6,8,13H,5,7H2,1-2H3,(H,14,15). The minimum Gasteiger partial charge on any atom is -0.508 e. The van der Waals surface area contributed by atoms with Crippen molar-refractivity contribution in [2.45, 2.75) is 26.7 Å². The minimum absolute atomic E-state index is 0.00533. The third kappa shape index (κ3) is 3.62. The zero-order valence-corrected chi connectivity index (χ0v) is 9.03. The molecular formula is C12H16O3. The van der Waals surface area contributed by atoms with Crippen LogP contribution in [-0.4, -0.2) is 16.2 Å². The van der Waals surface area contributed by atoms with E-state index in [2.05, 4.69) is 13.8 Å². The molecule has 3 heteroatoms. The van der Waals surface area contributed by atoms with E-state index in [1.165, 1.54) is 0 Å². The number of phenols is 1. The Morgan fingerprint density at radius 2 is 2.07 bits per heavy atom. The molecule has 0 fully saturated rings. The molecule has 0 aliphatic carbocycles. The Balaban J connectivity index is 2.89. The summed E-state index contributed by atoms with van der Waals surface area (Å²) < 4.78 is 0. The quantitative estimate of drug-likeness (QED) is 0.797. The number of carboxylic acid groups (broad SMARTS) is 1. The summed E-state index contributed by atoms with van der Waals surface area (Å²) in [6, 6.07) is 4.98. The highest BCUT2D eigenvalue weighted by Crippen LogP contribution is 2.21. The van der Waals surface area contributed by atoms with E-state index in [0.717, 1.165) is 17.5 Å². The predicted octanol–water partition coefficient (Wildman–Crippen LogP) is 2.22. The summed E-state index contributed by atoms with van der Waals surface area (Å²) in [6.07, 6.45) is 0.769. The molecular weight excluding hydrogens is 192 g/mol. The Bertz CT molecular complexity index is 356. The van der Waals surface area contributed by atoms with Gasteiger partial charge in [-0.05, 0) is 29.5 Å². The number of rotatable bonds is 4. The van der Waals surface area contributed by atoms with E-state index in [-0.39, 0.29) is 12.2 Å². The predicted molar refractivity (Wildman–Crippen MR) is 58.0 cm³/mol. The Morgan fingerprint density at radius 1 is 1.40 bits per heavy atom. The van der Waals surface area contributed by atoms with Crippen molar-refractivity contribution < 1.29 is 15.0 Å². The third-order valence-corrected chi connectivity index (χ3v) is 2.13. The van der Waals surface area contributed by atoms with Crippen molar-refractivity contribution in [3.63, 3.8) is 0 Å². The van der Waals surface area contributed by atoms with Crippen molar-refractivity contribution in [3.8, 4) is 5.75 Å². The fraction of sp³-hybridized carbons (Fsp3) is 0.417. The molecule has 1 aromatic carbocycles. The average molecular weight is 208 g/mol. The van der Waals surface area contributed by atoms with Crippen LogP contribution in [0.15, 0.2) is 18.2 Å². The Kier molecular flexibility index (Phi) is 3.72. The van der Waals surface area contributed by atoms with Gasteiger partial charge < -0.3 is 10.2 Å². The molecule has 0 spiro atoms. The molecule has 1 aromatic rings. The smallest absolute Gasteiger partial charge is 0.307 e. The van der Waals surface area contributed by atoms with E-state index in [4.69, 9.17) is 5.11 Å². The summed E-state index contributed by atoms with van der Waals surface area (Å²) in [5.41, 5.74) is 1.56. The van der Waals surface area contributed by atoms with Gasteiger partial charge in [-0.25, -0.2) is 0 Å². The van der Waals surface area contributed by atoms with Crippen LogP contribution in [0, 0.1) is 5.92 Å². The maximum absolute atomic E-state index is 10.5.